The molecule has 4 rings (SSSR count). The zero-order chi connectivity index (χ0) is 24.1. The van der Waals surface area contributed by atoms with Gasteiger partial charge in [-0.05, 0) is 49.9 Å². The quantitative estimate of drug-likeness (QED) is 0.449. The number of carbonyl (C=O) groups is 1. The van der Waals surface area contributed by atoms with E-state index in [9.17, 15) is 23.3 Å². The molecule has 10 nitrogen and oxygen atoms in total. The first kappa shape index (κ1) is 24.1. The fourth-order valence-electron chi connectivity index (χ4n) is 4.46. The number of hydrogen-bond acceptors (Lipinski definition) is 8. The van der Waals surface area contributed by atoms with Gasteiger partial charge in [0.2, 0.25) is 0 Å². The number of amides is 1. The molecule has 0 bridgehead atoms. The SMILES string of the molecule is O=C(NS(=O)(=O)c1ccc(NC2CCN(C3CCOCC3)CC2)c([N+](=O)[O-])c1)c1ccccc1. The molecule has 2 aliphatic heterocycles. The Morgan fingerprint density at radius 2 is 1.71 bits per heavy atom. The van der Waals surface area contributed by atoms with Crippen molar-refractivity contribution in [1.29, 1.82) is 0 Å². The van der Waals surface area contributed by atoms with Gasteiger partial charge < -0.3 is 15.0 Å². The van der Waals surface area contributed by atoms with E-state index in [1.54, 1.807) is 18.2 Å². The Kier molecular flexibility index (Phi) is 7.44. The van der Waals surface area contributed by atoms with Gasteiger partial charge in [-0.2, -0.15) is 0 Å². The van der Waals surface area contributed by atoms with Crippen molar-refractivity contribution in [1.82, 2.24) is 9.62 Å². The molecule has 2 saturated heterocycles. The van der Waals surface area contributed by atoms with Crippen molar-refractivity contribution < 1.29 is 22.9 Å². The number of sulfonamides is 1. The Morgan fingerprint density at radius 1 is 1.03 bits per heavy atom. The number of benzene rings is 2. The summed E-state index contributed by atoms with van der Waals surface area (Å²) in [6, 6.07) is 12.1. The fraction of sp³-hybridized carbons (Fsp3) is 0.435. The van der Waals surface area contributed by atoms with Crippen LogP contribution in [0.25, 0.3) is 0 Å². The lowest BCUT2D eigenvalue weighted by molar-refractivity contribution is -0.384. The molecule has 2 aliphatic rings. The van der Waals surface area contributed by atoms with Crippen molar-refractivity contribution in [2.24, 2.45) is 0 Å². The van der Waals surface area contributed by atoms with Crippen molar-refractivity contribution in [2.75, 3.05) is 31.6 Å². The first-order valence-corrected chi connectivity index (χ1v) is 12.8. The summed E-state index contributed by atoms with van der Waals surface area (Å²) < 4.78 is 32.8. The van der Waals surface area contributed by atoms with Gasteiger partial charge in [0.25, 0.3) is 21.6 Å². The van der Waals surface area contributed by atoms with Crippen LogP contribution in [0.1, 0.15) is 36.0 Å². The molecule has 182 valence electrons. The lowest BCUT2D eigenvalue weighted by atomic mass is 9.99. The second-order valence-electron chi connectivity index (χ2n) is 8.53. The lowest BCUT2D eigenvalue weighted by Gasteiger charge is -2.39. The van der Waals surface area contributed by atoms with Gasteiger partial charge in [-0.3, -0.25) is 14.9 Å². The van der Waals surface area contributed by atoms with Crippen molar-refractivity contribution in [2.45, 2.75) is 42.7 Å². The third-order valence-electron chi connectivity index (χ3n) is 6.34. The molecule has 0 atom stereocenters. The highest BCUT2D eigenvalue weighted by Gasteiger charge is 2.29. The number of nitro benzene ring substituents is 1. The van der Waals surface area contributed by atoms with Crippen LogP contribution in [-0.4, -0.2) is 62.5 Å². The van der Waals surface area contributed by atoms with E-state index >= 15 is 0 Å². The molecule has 2 heterocycles. The summed E-state index contributed by atoms with van der Waals surface area (Å²) in [5, 5.41) is 14.9. The number of nitro groups is 1. The highest BCUT2D eigenvalue weighted by atomic mass is 32.2. The molecule has 2 aromatic rings. The highest BCUT2D eigenvalue weighted by Crippen LogP contribution is 2.30. The molecular formula is C23H28N4O6S. The van der Waals surface area contributed by atoms with Crippen LogP contribution in [0.3, 0.4) is 0 Å². The van der Waals surface area contributed by atoms with Gasteiger partial charge in [-0.15, -0.1) is 0 Å². The Bertz CT molecular complexity index is 1130. The van der Waals surface area contributed by atoms with Crippen LogP contribution < -0.4 is 10.0 Å². The molecule has 2 N–H and O–H groups in total. The summed E-state index contributed by atoms with van der Waals surface area (Å²) >= 11 is 0. The number of hydrogen-bond donors (Lipinski definition) is 2. The largest absolute Gasteiger partial charge is 0.381 e. The summed E-state index contributed by atoms with van der Waals surface area (Å²) in [5.74, 6) is -0.804. The Morgan fingerprint density at radius 3 is 2.35 bits per heavy atom. The van der Waals surface area contributed by atoms with Gasteiger partial charge in [0.05, 0.1) is 9.82 Å². The number of piperidine rings is 1. The minimum atomic E-state index is -4.28. The molecule has 0 spiro atoms. The van der Waals surface area contributed by atoms with Crippen molar-refractivity contribution in [3.63, 3.8) is 0 Å². The molecule has 34 heavy (non-hydrogen) atoms. The van der Waals surface area contributed by atoms with Gasteiger partial charge in [-0.25, -0.2) is 13.1 Å². The van der Waals surface area contributed by atoms with E-state index in [0.29, 0.717) is 6.04 Å². The molecule has 0 unspecified atom stereocenters. The van der Waals surface area contributed by atoms with Gasteiger partial charge in [0.1, 0.15) is 5.69 Å². The van der Waals surface area contributed by atoms with E-state index in [2.05, 4.69) is 10.2 Å². The van der Waals surface area contributed by atoms with E-state index in [1.807, 2.05) is 4.72 Å². The molecule has 0 aromatic heterocycles. The monoisotopic (exact) mass is 488 g/mol. The first-order chi connectivity index (χ1) is 16.3. The molecule has 0 saturated carbocycles. The molecular weight excluding hydrogens is 460 g/mol. The summed E-state index contributed by atoms with van der Waals surface area (Å²) in [5.41, 5.74) is 0.0932. The third-order valence-corrected chi connectivity index (χ3v) is 7.66. The fourth-order valence-corrected chi connectivity index (χ4v) is 5.45. The van der Waals surface area contributed by atoms with Crippen LogP contribution in [0.15, 0.2) is 53.4 Å². The van der Waals surface area contributed by atoms with E-state index in [-0.39, 0.29) is 27.9 Å². The number of nitrogens with one attached hydrogen (secondary N) is 2. The molecule has 0 aliphatic carbocycles. The van der Waals surface area contributed by atoms with E-state index in [4.69, 9.17) is 4.74 Å². The van der Waals surface area contributed by atoms with Gasteiger partial charge in [-0.1, -0.05) is 18.2 Å². The average Bonchev–Trinajstić information content (AvgIpc) is 2.85. The Balaban J connectivity index is 1.43. The number of rotatable bonds is 7. The molecule has 1 amide bonds. The van der Waals surface area contributed by atoms with Crippen LogP contribution in [0.2, 0.25) is 0 Å². The molecule has 11 heteroatoms. The summed E-state index contributed by atoms with van der Waals surface area (Å²) in [6.07, 6.45) is 3.73. The normalized spacial score (nSPS) is 18.4. The third kappa shape index (κ3) is 5.72. The zero-order valence-corrected chi connectivity index (χ0v) is 19.5. The van der Waals surface area contributed by atoms with Gasteiger partial charge in [0, 0.05) is 50.0 Å². The maximum absolute atomic E-state index is 12.7. The minimum absolute atomic E-state index is 0.0510. The minimum Gasteiger partial charge on any atom is -0.381 e. The first-order valence-electron chi connectivity index (χ1n) is 11.3. The van der Waals surface area contributed by atoms with E-state index in [0.717, 1.165) is 58.1 Å². The molecule has 0 radical (unpaired) electrons. The van der Waals surface area contributed by atoms with Crippen molar-refractivity contribution in [3.05, 3.63) is 64.2 Å². The number of nitrogens with zero attached hydrogens (tertiary/aromatic N) is 2. The predicted molar refractivity (Wildman–Crippen MR) is 126 cm³/mol. The van der Waals surface area contributed by atoms with Gasteiger partial charge in [0.15, 0.2) is 0 Å². The maximum Gasteiger partial charge on any atom is 0.293 e. The van der Waals surface area contributed by atoms with Crippen molar-refractivity contribution >= 4 is 27.3 Å². The summed E-state index contributed by atoms with van der Waals surface area (Å²) in [6.45, 7) is 3.37. The van der Waals surface area contributed by atoms with Crippen LogP contribution in [-0.2, 0) is 14.8 Å². The number of carbonyl (C=O) groups excluding carboxylic acids is 1. The second kappa shape index (κ2) is 10.5. The molecule has 2 aromatic carbocycles. The standard InChI is InChI=1S/C23H28N4O6S/c28-23(17-4-2-1-3-5-17)25-34(31,32)20-6-7-21(22(16-20)27(29)30)24-18-8-12-26(13-9-18)19-10-14-33-15-11-19/h1-7,16,18-19,24H,8-15H2,(H,25,28). The second-order valence-corrected chi connectivity index (χ2v) is 10.2. The zero-order valence-electron chi connectivity index (χ0n) is 18.7. The van der Waals surface area contributed by atoms with Crippen LogP contribution >= 0.6 is 0 Å². The molecule has 2 fully saturated rings. The maximum atomic E-state index is 12.7. The lowest BCUT2D eigenvalue weighted by Crippen LogP contribution is -2.46. The Hall–Kier alpha value is -3.02. The van der Waals surface area contributed by atoms with Crippen LogP contribution in [0, 0.1) is 10.1 Å². The smallest absolute Gasteiger partial charge is 0.293 e. The predicted octanol–water partition coefficient (Wildman–Crippen LogP) is 2.77. The van der Waals surface area contributed by atoms with E-state index in [1.165, 1.54) is 24.3 Å². The number of likely N-dealkylation sites (tertiary alicyclic amines) is 1. The summed E-state index contributed by atoms with van der Waals surface area (Å²) in [4.78, 5) is 25.5. The van der Waals surface area contributed by atoms with E-state index < -0.39 is 20.9 Å². The van der Waals surface area contributed by atoms with Gasteiger partial charge >= 0.3 is 0 Å². The topological polar surface area (TPSA) is 131 Å². The van der Waals surface area contributed by atoms with Crippen molar-refractivity contribution in [3.8, 4) is 0 Å². The summed E-state index contributed by atoms with van der Waals surface area (Å²) in [7, 11) is -4.28. The Labute approximate surface area is 198 Å². The average molecular weight is 489 g/mol. The highest BCUT2D eigenvalue weighted by molar-refractivity contribution is 7.90. The van der Waals surface area contributed by atoms with Crippen LogP contribution in [0.5, 0.6) is 0 Å². The number of ether oxygens (including phenoxy) is 1. The van der Waals surface area contributed by atoms with Crippen LogP contribution in [0.4, 0.5) is 11.4 Å². The number of anilines is 1.